The molecule has 0 saturated heterocycles. The van der Waals surface area contributed by atoms with Gasteiger partial charge in [-0.25, -0.2) is 4.79 Å². The zero-order valence-corrected chi connectivity index (χ0v) is 16.3. The number of aliphatic hydroxyl groups excluding tert-OH is 2. The van der Waals surface area contributed by atoms with Crippen molar-refractivity contribution < 1.29 is 24.9 Å². The standard InChI is InChI=1S/C22H31NO5/c24-16-14-23(15-17-25)13-7-8-18-28-21(26)22(27,19-9-3-1-4-10-19)20-11-5-2-6-12-20/h1,3-4,9-10,20,24-25,27H,2,5-6,11-18H2. The molecule has 0 spiro atoms. The van der Waals surface area contributed by atoms with Crippen LogP contribution in [-0.4, -0.2) is 65.6 Å². The molecule has 1 aliphatic rings. The monoisotopic (exact) mass is 389 g/mol. The summed E-state index contributed by atoms with van der Waals surface area (Å²) in [6.07, 6.45) is 4.71. The van der Waals surface area contributed by atoms with E-state index in [2.05, 4.69) is 11.8 Å². The number of rotatable bonds is 9. The predicted molar refractivity (Wildman–Crippen MR) is 106 cm³/mol. The van der Waals surface area contributed by atoms with Gasteiger partial charge in [-0.3, -0.25) is 4.90 Å². The molecule has 0 amide bonds. The van der Waals surface area contributed by atoms with Gasteiger partial charge in [0.15, 0.2) is 12.2 Å². The van der Waals surface area contributed by atoms with Gasteiger partial charge in [0, 0.05) is 19.0 Å². The van der Waals surface area contributed by atoms with Crippen LogP contribution in [0, 0.1) is 17.8 Å². The lowest BCUT2D eigenvalue weighted by molar-refractivity contribution is -0.174. The van der Waals surface area contributed by atoms with Crippen molar-refractivity contribution in [3.8, 4) is 11.8 Å². The lowest BCUT2D eigenvalue weighted by atomic mass is 9.73. The van der Waals surface area contributed by atoms with Gasteiger partial charge in [0.25, 0.3) is 0 Å². The Hall–Kier alpha value is -1.91. The maximum absolute atomic E-state index is 12.9. The molecule has 3 N–H and O–H groups in total. The molecule has 1 saturated carbocycles. The molecular weight excluding hydrogens is 358 g/mol. The number of carbonyl (C=O) groups is 1. The molecule has 6 heteroatoms. The number of ether oxygens (including phenoxy) is 1. The van der Waals surface area contributed by atoms with E-state index in [4.69, 9.17) is 14.9 Å². The third-order valence-corrected chi connectivity index (χ3v) is 5.26. The third kappa shape index (κ3) is 6.05. The first-order valence-electron chi connectivity index (χ1n) is 9.97. The summed E-state index contributed by atoms with van der Waals surface area (Å²) in [7, 11) is 0. The van der Waals surface area contributed by atoms with Gasteiger partial charge in [0.2, 0.25) is 0 Å². The van der Waals surface area contributed by atoms with Gasteiger partial charge in [-0.05, 0) is 18.4 Å². The SMILES string of the molecule is O=C(OCC#CCN(CCO)CCO)C(O)(c1ccccc1)C1CCCCC1. The molecule has 2 rings (SSSR count). The highest BCUT2D eigenvalue weighted by atomic mass is 16.5. The Labute approximate surface area is 167 Å². The van der Waals surface area contributed by atoms with Crippen LogP contribution in [0.1, 0.15) is 37.7 Å². The normalized spacial score (nSPS) is 16.9. The second-order valence-electron chi connectivity index (χ2n) is 7.12. The summed E-state index contributed by atoms with van der Waals surface area (Å²) in [4.78, 5) is 14.7. The maximum atomic E-state index is 12.9. The number of nitrogens with zero attached hydrogens (tertiary/aromatic N) is 1. The second kappa shape index (κ2) is 11.8. The van der Waals surface area contributed by atoms with Gasteiger partial charge in [0.05, 0.1) is 19.8 Å². The molecule has 0 radical (unpaired) electrons. The average molecular weight is 389 g/mol. The second-order valence-corrected chi connectivity index (χ2v) is 7.12. The zero-order valence-electron chi connectivity index (χ0n) is 16.3. The van der Waals surface area contributed by atoms with Crippen molar-refractivity contribution in [2.75, 3.05) is 39.5 Å². The first-order chi connectivity index (χ1) is 13.6. The minimum absolute atomic E-state index is 0.0117. The van der Waals surface area contributed by atoms with Crippen molar-refractivity contribution in [3.05, 3.63) is 35.9 Å². The molecule has 0 heterocycles. The summed E-state index contributed by atoms with van der Waals surface area (Å²) >= 11 is 0. The zero-order chi connectivity index (χ0) is 20.2. The van der Waals surface area contributed by atoms with Crippen LogP contribution >= 0.6 is 0 Å². The van der Waals surface area contributed by atoms with Gasteiger partial charge in [-0.1, -0.05) is 61.4 Å². The van der Waals surface area contributed by atoms with Crippen LogP contribution in [0.2, 0.25) is 0 Å². The minimum atomic E-state index is -1.65. The number of esters is 1. The molecule has 1 fully saturated rings. The molecule has 6 nitrogen and oxygen atoms in total. The molecule has 154 valence electrons. The van der Waals surface area contributed by atoms with Gasteiger partial charge in [-0.15, -0.1) is 0 Å². The van der Waals surface area contributed by atoms with E-state index in [9.17, 15) is 9.90 Å². The van der Waals surface area contributed by atoms with Crippen LogP contribution in [0.25, 0.3) is 0 Å². The van der Waals surface area contributed by atoms with E-state index >= 15 is 0 Å². The van der Waals surface area contributed by atoms with Crippen LogP contribution in [0.5, 0.6) is 0 Å². The van der Waals surface area contributed by atoms with Crippen LogP contribution in [0.15, 0.2) is 30.3 Å². The highest BCUT2D eigenvalue weighted by Gasteiger charge is 2.46. The van der Waals surface area contributed by atoms with E-state index in [-0.39, 0.29) is 25.7 Å². The maximum Gasteiger partial charge on any atom is 0.344 e. The summed E-state index contributed by atoms with van der Waals surface area (Å²) in [5.41, 5.74) is -1.08. The van der Waals surface area contributed by atoms with E-state index in [0.717, 1.165) is 32.1 Å². The van der Waals surface area contributed by atoms with Crippen LogP contribution in [0.4, 0.5) is 0 Å². The highest BCUT2D eigenvalue weighted by Crippen LogP contribution is 2.40. The van der Waals surface area contributed by atoms with E-state index < -0.39 is 11.6 Å². The van der Waals surface area contributed by atoms with Crippen molar-refractivity contribution >= 4 is 5.97 Å². The Morgan fingerprint density at radius 3 is 2.32 bits per heavy atom. The smallest absolute Gasteiger partial charge is 0.344 e. The van der Waals surface area contributed by atoms with Crippen LogP contribution in [-0.2, 0) is 15.1 Å². The molecule has 28 heavy (non-hydrogen) atoms. The van der Waals surface area contributed by atoms with Crippen molar-refractivity contribution in [1.82, 2.24) is 4.90 Å². The summed E-state index contributed by atoms with van der Waals surface area (Å²) in [5, 5.41) is 29.4. The number of benzene rings is 1. The molecule has 1 aromatic rings. The largest absolute Gasteiger partial charge is 0.450 e. The Bertz CT molecular complexity index is 642. The quantitative estimate of drug-likeness (QED) is 0.436. The Balaban J connectivity index is 2.01. The van der Waals surface area contributed by atoms with Crippen molar-refractivity contribution in [2.24, 2.45) is 5.92 Å². The summed E-state index contributed by atoms with van der Waals surface area (Å²) < 4.78 is 5.34. The number of carbonyl (C=O) groups excluding carboxylic acids is 1. The summed E-state index contributed by atoms with van der Waals surface area (Å²) in [6.45, 7) is 1.08. The molecule has 1 atom stereocenters. The molecule has 0 bridgehead atoms. The Morgan fingerprint density at radius 1 is 1.07 bits per heavy atom. The fraction of sp³-hybridized carbons (Fsp3) is 0.591. The van der Waals surface area contributed by atoms with Gasteiger partial charge in [-0.2, -0.15) is 0 Å². The molecule has 1 aliphatic carbocycles. The number of hydrogen-bond acceptors (Lipinski definition) is 6. The number of hydrogen-bond donors (Lipinski definition) is 3. The number of aliphatic hydroxyl groups is 3. The van der Waals surface area contributed by atoms with Crippen molar-refractivity contribution in [3.63, 3.8) is 0 Å². The average Bonchev–Trinajstić information content (AvgIpc) is 2.74. The molecule has 0 aromatic heterocycles. The van der Waals surface area contributed by atoms with E-state index in [1.165, 1.54) is 0 Å². The van der Waals surface area contributed by atoms with Crippen LogP contribution < -0.4 is 0 Å². The first kappa shape index (κ1) is 22.4. The first-order valence-corrected chi connectivity index (χ1v) is 9.97. The lowest BCUT2D eigenvalue weighted by Crippen LogP contribution is -2.45. The lowest BCUT2D eigenvalue weighted by Gasteiger charge is -2.36. The molecular formula is C22H31NO5. The van der Waals surface area contributed by atoms with Gasteiger partial charge < -0.3 is 20.1 Å². The minimum Gasteiger partial charge on any atom is -0.450 e. The van der Waals surface area contributed by atoms with Crippen molar-refractivity contribution in [1.29, 1.82) is 0 Å². The summed E-state index contributed by atoms with van der Waals surface area (Å²) in [5.74, 6) is 4.85. The van der Waals surface area contributed by atoms with Gasteiger partial charge >= 0.3 is 5.97 Å². The topological polar surface area (TPSA) is 90.2 Å². The van der Waals surface area contributed by atoms with Crippen molar-refractivity contribution in [2.45, 2.75) is 37.7 Å². The predicted octanol–water partition coefficient (Wildman–Crippen LogP) is 1.29. The van der Waals surface area contributed by atoms with Gasteiger partial charge in [0.1, 0.15) is 0 Å². The van der Waals surface area contributed by atoms with E-state index in [0.29, 0.717) is 25.2 Å². The molecule has 0 aliphatic heterocycles. The molecule has 1 aromatic carbocycles. The fourth-order valence-electron chi connectivity index (χ4n) is 3.72. The summed E-state index contributed by atoms with van der Waals surface area (Å²) in [6, 6.07) is 9.01. The van der Waals surface area contributed by atoms with E-state index in [1.54, 1.807) is 17.0 Å². The van der Waals surface area contributed by atoms with E-state index in [1.807, 2.05) is 18.2 Å². The third-order valence-electron chi connectivity index (χ3n) is 5.26. The highest BCUT2D eigenvalue weighted by molar-refractivity contribution is 5.81. The fourth-order valence-corrected chi connectivity index (χ4v) is 3.72. The Morgan fingerprint density at radius 2 is 1.71 bits per heavy atom. The Kier molecular flexibility index (Phi) is 9.45. The van der Waals surface area contributed by atoms with Crippen LogP contribution in [0.3, 0.4) is 0 Å². The molecule has 1 unspecified atom stereocenters.